The molecule has 6 nitrogen and oxygen atoms in total. The number of hydrogen-bond donors (Lipinski definition) is 0. The maximum atomic E-state index is 13.4. The van der Waals surface area contributed by atoms with Crippen LogP contribution in [0.3, 0.4) is 0 Å². The number of carbonyl (C=O) groups is 1. The Morgan fingerprint density at radius 3 is 3.04 bits per heavy atom. The van der Waals surface area contributed by atoms with Crippen LogP contribution in [-0.4, -0.2) is 34.0 Å². The number of nitrogens with zero attached hydrogens (tertiary/aromatic N) is 3. The highest BCUT2D eigenvalue weighted by molar-refractivity contribution is 5.91. The van der Waals surface area contributed by atoms with Gasteiger partial charge in [0, 0.05) is 30.6 Å². The number of furan rings is 1. The van der Waals surface area contributed by atoms with Gasteiger partial charge in [-0.05, 0) is 49.2 Å². The van der Waals surface area contributed by atoms with Crippen molar-refractivity contribution in [2.75, 3.05) is 13.1 Å². The fourth-order valence-electron chi connectivity index (χ4n) is 3.17. The molecule has 1 aromatic carbocycles. The molecule has 4 rings (SSSR count). The van der Waals surface area contributed by atoms with Gasteiger partial charge in [-0.3, -0.25) is 4.79 Å². The van der Waals surface area contributed by atoms with Crippen molar-refractivity contribution in [2.24, 2.45) is 0 Å². The number of hydrogen-bond acceptors (Lipinski definition) is 5. The minimum Gasteiger partial charge on any atom is -0.465 e. The van der Waals surface area contributed by atoms with E-state index in [1.54, 1.807) is 41.5 Å². The van der Waals surface area contributed by atoms with Crippen molar-refractivity contribution in [3.05, 3.63) is 66.1 Å². The van der Waals surface area contributed by atoms with Gasteiger partial charge < -0.3 is 13.8 Å². The standard InChI is InChI=1S/C20H18FN3O3/c21-16-6-1-4-14(12-16)20-22-19(23-27-20)15-5-2-10-24(13-15)18(25)9-8-17-7-3-11-26-17/h1,3-4,6-9,11-12,15H,2,5,10,13H2/b9-8+. The molecule has 0 radical (unpaired) electrons. The SMILES string of the molecule is O=C(/C=C/c1ccco1)N1CCCC(c2noc(-c3cccc(F)c3)n2)C1. The van der Waals surface area contributed by atoms with Gasteiger partial charge in [-0.15, -0.1) is 0 Å². The summed E-state index contributed by atoms with van der Waals surface area (Å²) >= 11 is 0. The molecule has 3 aromatic rings. The summed E-state index contributed by atoms with van der Waals surface area (Å²) in [4.78, 5) is 18.6. The molecule has 27 heavy (non-hydrogen) atoms. The Morgan fingerprint density at radius 1 is 1.30 bits per heavy atom. The zero-order chi connectivity index (χ0) is 18.6. The molecular formula is C20H18FN3O3. The lowest BCUT2D eigenvalue weighted by Gasteiger charge is -2.30. The summed E-state index contributed by atoms with van der Waals surface area (Å²) in [5.74, 6) is 1.02. The van der Waals surface area contributed by atoms with E-state index >= 15 is 0 Å². The number of likely N-dealkylation sites (tertiary alicyclic amines) is 1. The van der Waals surface area contributed by atoms with E-state index in [1.165, 1.54) is 18.2 Å². The molecule has 1 unspecified atom stereocenters. The largest absolute Gasteiger partial charge is 0.465 e. The first-order valence-corrected chi connectivity index (χ1v) is 8.79. The van der Waals surface area contributed by atoms with Gasteiger partial charge in [-0.2, -0.15) is 4.98 Å². The number of halogens is 1. The van der Waals surface area contributed by atoms with Crippen LogP contribution in [-0.2, 0) is 4.79 Å². The van der Waals surface area contributed by atoms with Crippen molar-refractivity contribution in [1.29, 1.82) is 0 Å². The number of amides is 1. The van der Waals surface area contributed by atoms with E-state index in [4.69, 9.17) is 8.94 Å². The summed E-state index contributed by atoms with van der Waals surface area (Å²) in [7, 11) is 0. The molecule has 0 saturated carbocycles. The minimum absolute atomic E-state index is 0.00854. The first kappa shape index (κ1) is 17.2. The zero-order valence-corrected chi connectivity index (χ0v) is 14.5. The second-order valence-electron chi connectivity index (χ2n) is 6.44. The molecule has 138 valence electrons. The Hall–Kier alpha value is -3.22. The third kappa shape index (κ3) is 3.97. The van der Waals surface area contributed by atoms with Crippen molar-refractivity contribution in [3.63, 3.8) is 0 Å². The van der Waals surface area contributed by atoms with E-state index in [9.17, 15) is 9.18 Å². The van der Waals surface area contributed by atoms with Gasteiger partial charge in [0.1, 0.15) is 11.6 Å². The number of rotatable bonds is 4. The summed E-state index contributed by atoms with van der Waals surface area (Å²) in [5.41, 5.74) is 0.541. The van der Waals surface area contributed by atoms with Crippen LogP contribution in [0.5, 0.6) is 0 Å². The predicted octanol–water partition coefficient (Wildman–Crippen LogP) is 3.89. The van der Waals surface area contributed by atoms with Crippen molar-refractivity contribution >= 4 is 12.0 Å². The molecule has 1 aliphatic heterocycles. The van der Waals surface area contributed by atoms with Gasteiger partial charge in [0.2, 0.25) is 5.91 Å². The highest BCUT2D eigenvalue weighted by Crippen LogP contribution is 2.27. The molecule has 2 aromatic heterocycles. The monoisotopic (exact) mass is 367 g/mol. The van der Waals surface area contributed by atoms with Crippen LogP contribution in [0.15, 0.2) is 57.7 Å². The number of piperidine rings is 1. The first-order chi connectivity index (χ1) is 13.2. The lowest BCUT2D eigenvalue weighted by molar-refractivity contribution is -0.127. The maximum Gasteiger partial charge on any atom is 0.258 e. The summed E-state index contributed by atoms with van der Waals surface area (Å²) in [6.45, 7) is 1.20. The Bertz CT molecular complexity index is 949. The number of aromatic nitrogens is 2. The fraction of sp³-hybridized carbons (Fsp3) is 0.250. The van der Waals surface area contributed by atoms with Crippen LogP contribution >= 0.6 is 0 Å². The minimum atomic E-state index is -0.356. The van der Waals surface area contributed by atoms with E-state index in [2.05, 4.69) is 10.1 Å². The van der Waals surface area contributed by atoms with Crippen LogP contribution in [0.2, 0.25) is 0 Å². The lowest BCUT2D eigenvalue weighted by Crippen LogP contribution is -2.38. The average molecular weight is 367 g/mol. The molecule has 1 amide bonds. The topological polar surface area (TPSA) is 72.4 Å². The van der Waals surface area contributed by atoms with E-state index < -0.39 is 0 Å². The smallest absolute Gasteiger partial charge is 0.258 e. The fourth-order valence-corrected chi connectivity index (χ4v) is 3.17. The second-order valence-corrected chi connectivity index (χ2v) is 6.44. The summed E-state index contributed by atoms with van der Waals surface area (Å²) in [5, 5.41) is 4.05. The first-order valence-electron chi connectivity index (χ1n) is 8.79. The normalized spacial score (nSPS) is 17.5. The highest BCUT2D eigenvalue weighted by atomic mass is 19.1. The molecule has 0 spiro atoms. The summed E-state index contributed by atoms with van der Waals surface area (Å²) < 4.78 is 23.9. The van der Waals surface area contributed by atoms with Crippen LogP contribution in [0.25, 0.3) is 17.5 Å². The zero-order valence-electron chi connectivity index (χ0n) is 14.5. The van der Waals surface area contributed by atoms with Crippen molar-refractivity contribution < 1.29 is 18.1 Å². The third-order valence-electron chi connectivity index (χ3n) is 4.54. The van der Waals surface area contributed by atoms with Gasteiger partial charge in [0.05, 0.1) is 6.26 Å². The highest BCUT2D eigenvalue weighted by Gasteiger charge is 2.27. The van der Waals surface area contributed by atoms with Gasteiger partial charge >= 0.3 is 0 Å². The van der Waals surface area contributed by atoms with Crippen molar-refractivity contribution in [3.8, 4) is 11.5 Å². The third-order valence-corrected chi connectivity index (χ3v) is 4.54. The Morgan fingerprint density at radius 2 is 2.22 bits per heavy atom. The quantitative estimate of drug-likeness (QED) is 0.654. The van der Waals surface area contributed by atoms with Gasteiger partial charge in [0.25, 0.3) is 5.89 Å². The number of carbonyl (C=O) groups excluding carboxylic acids is 1. The Kier molecular flexibility index (Phi) is 4.82. The molecule has 1 atom stereocenters. The molecule has 7 heteroatoms. The molecule has 0 bridgehead atoms. The van der Waals surface area contributed by atoms with E-state index in [-0.39, 0.29) is 23.5 Å². The lowest BCUT2D eigenvalue weighted by atomic mass is 9.97. The van der Waals surface area contributed by atoms with Crippen LogP contribution in [0.4, 0.5) is 4.39 Å². The molecule has 1 saturated heterocycles. The van der Waals surface area contributed by atoms with Crippen LogP contribution in [0, 0.1) is 5.82 Å². The number of benzene rings is 1. The molecule has 3 heterocycles. The summed E-state index contributed by atoms with van der Waals surface area (Å²) in [6, 6.07) is 9.59. The molecule has 0 aliphatic carbocycles. The predicted molar refractivity (Wildman–Crippen MR) is 96.0 cm³/mol. The average Bonchev–Trinajstić information content (AvgIpc) is 3.38. The maximum absolute atomic E-state index is 13.4. The van der Waals surface area contributed by atoms with Crippen molar-refractivity contribution in [2.45, 2.75) is 18.8 Å². The Balaban J connectivity index is 1.45. The Labute approximate surface area is 155 Å². The molecule has 1 aliphatic rings. The van der Waals surface area contributed by atoms with E-state index in [0.29, 0.717) is 30.2 Å². The van der Waals surface area contributed by atoms with Gasteiger partial charge in [-0.1, -0.05) is 11.2 Å². The van der Waals surface area contributed by atoms with Gasteiger partial charge in [-0.25, -0.2) is 4.39 Å². The second kappa shape index (κ2) is 7.57. The summed E-state index contributed by atoms with van der Waals surface area (Å²) in [6.07, 6.45) is 6.45. The van der Waals surface area contributed by atoms with E-state index in [1.807, 2.05) is 0 Å². The van der Waals surface area contributed by atoms with Crippen molar-refractivity contribution in [1.82, 2.24) is 15.0 Å². The van der Waals surface area contributed by atoms with Gasteiger partial charge in [0.15, 0.2) is 5.82 Å². The van der Waals surface area contributed by atoms with Crippen LogP contribution < -0.4 is 0 Å². The molecule has 1 fully saturated rings. The van der Waals surface area contributed by atoms with E-state index in [0.717, 1.165) is 12.8 Å². The van der Waals surface area contributed by atoms with Crippen LogP contribution in [0.1, 0.15) is 30.3 Å². The molecule has 0 N–H and O–H groups in total. The molecular weight excluding hydrogens is 349 g/mol.